The Balaban J connectivity index is 1.95. The van der Waals surface area contributed by atoms with E-state index in [0.717, 1.165) is 5.56 Å². The van der Waals surface area contributed by atoms with E-state index in [4.69, 9.17) is 14.2 Å². The molecule has 1 atom stereocenters. The number of carbonyl (C=O) groups is 3. The minimum absolute atomic E-state index is 0.0830. The molecule has 39 heavy (non-hydrogen) atoms. The van der Waals surface area contributed by atoms with Crippen LogP contribution in [0.4, 0.5) is 5.69 Å². The second kappa shape index (κ2) is 10.6. The van der Waals surface area contributed by atoms with Crippen LogP contribution in [0, 0.1) is 0 Å². The Labute approximate surface area is 227 Å². The SMILES string of the molecule is COc1ccc(N2C(=O)C(=O)/C(=C(/O)c3cc(C(C)(C)C)ccc3OC)C2c2ccc(OC(C)=O)cc2)cc1. The molecule has 4 rings (SSSR count). The first-order valence-corrected chi connectivity index (χ1v) is 12.4. The number of Topliss-reactive ketones (excluding diaryl/α,β-unsaturated/α-hetero) is 1. The summed E-state index contributed by atoms with van der Waals surface area (Å²) in [5.74, 6) is -1.18. The largest absolute Gasteiger partial charge is 0.507 e. The first-order valence-electron chi connectivity index (χ1n) is 12.4. The lowest BCUT2D eigenvalue weighted by atomic mass is 9.85. The van der Waals surface area contributed by atoms with Crippen molar-refractivity contribution in [2.45, 2.75) is 39.2 Å². The monoisotopic (exact) mass is 529 g/mol. The molecule has 1 saturated heterocycles. The van der Waals surface area contributed by atoms with Gasteiger partial charge in [-0.3, -0.25) is 19.3 Å². The van der Waals surface area contributed by atoms with E-state index in [1.165, 1.54) is 26.0 Å². The minimum Gasteiger partial charge on any atom is -0.507 e. The molecule has 1 amide bonds. The number of amides is 1. The Kier molecular flexibility index (Phi) is 7.49. The lowest BCUT2D eigenvalue weighted by molar-refractivity contribution is -0.132. The first-order chi connectivity index (χ1) is 18.5. The molecule has 1 aliphatic heterocycles. The highest BCUT2D eigenvalue weighted by Crippen LogP contribution is 2.44. The van der Waals surface area contributed by atoms with Crippen molar-refractivity contribution in [3.8, 4) is 17.2 Å². The van der Waals surface area contributed by atoms with Gasteiger partial charge in [0.25, 0.3) is 11.7 Å². The van der Waals surface area contributed by atoms with E-state index in [0.29, 0.717) is 34.1 Å². The molecule has 1 aliphatic rings. The molecule has 8 heteroatoms. The molecule has 1 heterocycles. The third kappa shape index (κ3) is 5.36. The molecule has 0 radical (unpaired) electrons. The summed E-state index contributed by atoms with van der Waals surface area (Å²) in [6, 6.07) is 17.6. The number of hydrogen-bond acceptors (Lipinski definition) is 7. The molecule has 1 unspecified atom stereocenters. The summed E-state index contributed by atoms with van der Waals surface area (Å²) in [7, 11) is 3.01. The van der Waals surface area contributed by atoms with Gasteiger partial charge in [0.2, 0.25) is 0 Å². The molecule has 0 spiro atoms. The number of rotatable bonds is 6. The summed E-state index contributed by atoms with van der Waals surface area (Å²) in [5, 5.41) is 11.7. The summed E-state index contributed by atoms with van der Waals surface area (Å²) in [5.41, 5.74) is 1.87. The molecule has 1 fully saturated rings. The van der Waals surface area contributed by atoms with Crippen molar-refractivity contribution in [2.75, 3.05) is 19.1 Å². The van der Waals surface area contributed by atoms with Crippen LogP contribution in [0.25, 0.3) is 5.76 Å². The Bertz CT molecular complexity index is 1450. The summed E-state index contributed by atoms with van der Waals surface area (Å²) < 4.78 is 15.9. The molecule has 0 bridgehead atoms. The van der Waals surface area contributed by atoms with Gasteiger partial charge in [-0.15, -0.1) is 0 Å². The van der Waals surface area contributed by atoms with Crippen LogP contribution in [-0.2, 0) is 19.8 Å². The Morgan fingerprint density at radius 1 is 0.872 bits per heavy atom. The average molecular weight is 530 g/mol. The Morgan fingerprint density at radius 2 is 1.49 bits per heavy atom. The third-order valence-corrected chi connectivity index (χ3v) is 6.57. The average Bonchev–Trinajstić information content (AvgIpc) is 3.17. The number of aliphatic hydroxyl groups excluding tert-OH is 1. The fourth-order valence-electron chi connectivity index (χ4n) is 4.55. The number of carbonyl (C=O) groups excluding carboxylic acids is 3. The number of methoxy groups -OCH3 is 2. The van der Waals surface area contributed by atoms with Gasteiger partial charge in [0, 0.05) is 12.6 Å². The van der Waals surface area contributed by atoms with Gasteiger partial charge in [-0.2, -0.15) is 0 Å². The maximum absolute atomic E-state index is 13.6. The van der Waals surface area contributed by atoms with Crippen molar-refractivity contribution in [3.05, 3.63) is 89.0 Å². The van der Waals surface area contributed by atoms with Crippen molar-refractivity contribution < 1.29 is 33.7 Å². The third-order valence-electron chi connectivity index (χ3n) is 6.57. The lowest BCUT2D eigenvalue weighted by Gasteiger charge is -2.26. The molecule has 3 aromatic rings. The van der Waals surface area contributed by atoms with Crippen molar-refractivity contribution in [1.82, 2.24) is 0 Å². The number of hydrogen-bond donors (Lipinski definition) is 1. The molecule has 0 aliphatic carbocycles. The lowest BCUT2D eigenvalue weighted by Crippen LogP contribution is -2.29. The van der Waals surface area contributed by atoms with Gasteiger partial charge >= 0.3 is 5.97 Å². The van der Waals surface area contributed by atoms with E-state index >= 15 is 0 Å². The minimum atomic E-state index is -0.965. The normalized spacial score (nSPS) is 16.8. The van der Waals surface area contributed by atoms with E-state index in [1.54, 1.807) is 60.7 Å². The van der Waals surface area contributed by atoms with Crippen molar-refractivity contribution in [1.29, 1.82) is 0 Å². The predicted octanol–water partition coefficient (Wildman–Crippen LogP) is 5.55. The molecule has 3 aromatic carbocycles. The van der Waals surface area contributed by atoms with Gasteiger partial charge in [0.05, 0.1) is 31.4 Å². The maximum atomic E-state index is 13.6. The molecule has 1 N–H and O–H groups in total. The van der Waals surface area contributed by atoms with Crippen molar-refractivity contribution >= 4 is 29.1 Å². The van der Waals surface area contributed by atoms with Crippen LogP contribution in [0.2, 0.25) is 0 Å². The van der Waals surface area contributed by atoms with Gasteiger partial charge in [0.1, 0.15) is 23.0 Å². The zero-order chi connectivity index (χ0) is 28.5. The molecular weight excluding hydrogens is 498 g/mol. The van der Waals surface area contributed by atoms with E-state index < -0.39 is 23.7 Å². The van der Waals surface area contributed by atoms with Crippen molar-refractivity contribution in [3.63, 3.8) is 0 Å². The van der Waals surface area contributed by atoms with Crippen LogP contribution in [-0.4, -0.2) is 37.0 Å². The quantitative estimate of drug-likeness (QED) is 0.147. The highest BCUT2D eigenvalue weighted by atomic mass is 16.5. The zero-order valence-corrected chi connectivity index (χ0v) is 22.8. The number of benzene rings is 3. The fraction of sp³-hybridized carbons (Fsp3) is 0.258. The number of esters is 1. The van der Waals surface area contributed by atoms with Gasteiger partial charge in [0.15, 0.2) is 0 Å². The summed E-state index contributed by atoms with van der Waals surface area (Å²) in [6.45, 7) is 7.40. The first kappa shape index (κ1) is 27.4. The fourth-order valence-corrected chi connectivity index (χ4v) is 4.55. The Hall–Kier alpha value is -4.59. The summed E-state index contributed by atoms with van der Waals surface area (Å²) in [6.07, 6.45) is 0. The standard InChI is InChI=1S/C31H31NO7/c1-18(33)39-23-12-7-19(8-13-23)27-26(28(34)24-17-20(31(2,3)4)9-16-25(24)38-6)29(35)30(36)32(27)21-10-14-22(37-5)15-11-21/h7-17,27,34H,1-6H3/b28-26+. The van der Waals surface area contributed by atoms with E-state index in [-0.39, 0.29) is 16.7 Å². The van der Waals surface area contributed by atoms with E-state index in [2.05, 4.69) is 0 Å². The molecule has 8 nitrogen and oxygen atoms in total. The topological polar surface area (TPSA) is 102 Å². The van der Waals surface area contributed by atoms with E-state index in [9.17, 15) is 19.5 Å². The second-order valence-electron chi connectivity index (χ2n) is 10.2. The zero-order valence-electron chi connectivity index (χ0n) is 22.8. The number of aliphatic hydroxyl groups is 1. The maximum Gasteiger partial charge on any atom is 0.308 e. The van der Waals surface area contributed by atoms with Crippen molar-refractivity contribution in [2.24, 2.45) is 0 Å². The number of ether oxygens (including phenoxy) is 3. The predicted molar refractivity (Wildman–Crippen MR) is 147 cm³/mol. The van der Waals surface area contributed by atoms with Crippen LogP contribution < -0.4 is 19.1 Å². The highest BCUT2D eigenvalue weighted by Gasteiger charge is 2.47. The van der Waals surface area contributed by atoms with Crippen LogP contribution >= 0.6 is 0 Å². The highest BCUT2D eigenvalue weighted by molar-refractivity contribution is 6.51. The van der Waals surface area contributed by atoms with Gasteiger partial charge < -0.3 is 19.3 Å². The second-order valence-corrected chi connectivity index (χ2v) is 10.2. The van der Waals surface area contributed by atoms with Crippen LogP contribution in [0.5, 0.6) is 17.2 Å². The molecule has 0 saturated carbocycles. The van der Waals surface area contributed by atoms with E-state index in [1.807, 2.05) is 26.8 Å². The summed E-state index contributed by atoms with van der Waals surface area (Å²) >= 11 is 0. The van der Waals surface area contributed by atoms with Gasteiger partial charge in [-0.05, 0) is 65.1 Å². The molecule has 202 valence electrons. The number of nitrogens with zero attached hydrogens (tertiary/aromatic N) is 1. The van der Waals surface area contributed by atoms with Crippen LogP contribution in [0.1, 0.15) is 50.4 Å². The van der Waals surface area contributed by atoms with Gasteiger partial charge in [-0.25, -0.2) is 0 Å². The van der Waals surface area contributed by atoms with Crippen LogP contribution in [0.3, 0.4) is 0 Å². The smallest absolute Gasteiger partial charge is 0.308 e. The number of anilines is 1. The molecular formula is C31H31NO7. The summed E-state index contributed by atoms with van der Waals surface area (Å²) in [4.78, 5) is 39.8. The van der Waals surface area contributed by atoms with Crippen LogP contribution in [0.15, 0.2) is 72.3 Å². The molecule has 0 aromatic heterocycles. The Morgan fingerprint density at radius 3 is 2.03 bits per heavy atom. The van der Waals surface area contributed by atoms with Gasteiger partial charge in [-0.1, -0.05) is 39.0 Å². The number of ketones is 1.